The van der Waals surface area contributed by atoms with Crippen LogP contribution in [0.3, 0.4) is 0 Å². The second kappa shape index (κ2) is 6.33. The molecule has 1 saturated heterocycles. The van der Waals surface area contributed by atoms with Crippen molar-refractivity contribution in [2.75, 3.05) is 17.2 Å². The molecule has 5 rings (SSSR count). The molecule has 0 bridgehead atoms. The highest BCUT2D eigenvalue weighted by Gasteiger charge is 2.26. The molecule has 2 aromatic heterocycles. The maximum atomic E-state index is 11.9. The minimum absolute atomic E-state index is 0.0843. The third-order valence-corrected chi connectivity index (χ3v) is 5.06. The summed E-state index contributed by atoms with van der Waals surface area (Å²) in [5.74, 6) is 1.40. The molecule has 0 aromatic carbocycles. The first kappa shape index (κ1) is 16.2. The van der Waals surface area contributed by atoms with Gasteiger partial charge in [-0.15, -0.1) is 0 Å². The molecular formula is C18H21N7O2. The van der Waals surface area contributed by atoms with Gasteiger partial charge in [-0.25, -0.2) is 0 Å². The number of carbonyl (C=O) groups is 2. The summed E-state index contributed by atoms with van der Waals surface area (Å²) in [5, 5.41) is 13.4. The van der Waals surface area contributed by atoms with Crippen molar-refractivity contribution in [1.82, 2.24) is 24.9 Å². The molecule has 2 amide bonds. The fraction of sp³-hybridized carbons (Fsp3) is 0.500. The number of carbonyl (C=O) groups excluding carboxylic acids is 2. The highest BCUT2D eigenvalue weighted by atomic mass is 16.2. The van der Waals surface area contributed by atoms with E-state index in [4.69, 9.17) is 0 Å². The third kappa shape index (κ3) is 3.49. The first-order valence-corrected chi connectivity index (χ1v) is 9.46. The molecule has 0 unspecified atom stereocenters. The Hall–Kier alpha value is -2.97. The molecule has 2 aromatic rings. The van der Waals surface area contributed by atoms with Crippen LogP contribution in [-0.2, 0) is 9.59 Å². The quantitative estimate of drug-likeness (QED) is 0.500. The van der Waals surface area contributed by atoms with E-state index in [0.717, 1.165) is 31.7 Å². The van der Waals surface area contributed by atoms with Gasteiger partial charge in [0, 0.05) is 23.7 Å². The molecule has 3 heterocycles. The Bertz CT molecular complexity index is 956. The van der Waals surface area contributed by atoms with E-state index < -0.39 is 0 Å². The van der Waals surface area contributed by atoms with Crippen LogP contribution in [0, 0.1) is 5.92 Å². The van der Waals surface area contributed by atoms with Crippen LogP contribution in [0.5, 0.6) is 0 Å². The molecule has 2 saturated carbocycles. The molecule has 1 aliphatic heterocycles. The summed E-state index contributed by atoms with van der Waals surface area (Å²) in [4.78, 5) is 32.5. The van der Waals surface area contributed by atoms with E-state index in [-0.39, 0.29) is 18.2 Å². The molecule has 9 heteroatoms. The van der Waals surface area contributed by atoms with Crippen LogP contribution in [0.15, 0.2) is 11.8 Å². The normalized spacial score (nSPS) is 21.1. The van der Waals surface area contributed by atoms with Crippen LogP contribution in [0.25, 0.3) is 11.7 Å². The molecule has 0 radical (unpaired) electrons. The molecule has 9 nitrogen and oxygen atoms in total. The number of amides is 2. The number of hydrogen-bond donors (Lipinski definition) is 3. The van der Waals surface area contributed by atoms with Crippen molar-refractivity contribution in [2.45, 2.75) is 44.6 Å². The smallest absolute Gasteiger partial charge is 0.254 e. The molecule has 140 valence electrons. The zero-order valence-corrected chi connectivity index (χ0v) is 14.9. The predicted molar refractivity (Wildman–Crippen MR) is 99.0 cm³/mol. The average Bonchev–Trinajstić information content (AvgIpc) is 3.55. The minimum atomic E-state index is -0.354. The first-order chi connectivity index (χ1) is 13.2. The summed E-state index contributed by atoms with van der Waals surface area (Å²) < 4.78 is 1.66. The number of fused-ring (bicyclic) bond motifs is 1. The zero-order chi connectivity index (χ0) is 18.4. The number of aromatic nitrogens is 4. The van der Waals surface area contributed by atoms with Gasteiger partial charge in [0.15, 0.2) is 5.65 Å². The number of nitrogens with one attached hydrogen (secondary N) is 3. The number of imide groups is 1. The molecule has 2 aliphatic carbocycles. The van der Waals surface area contributed by atoms with Gasteiger partial charge in [0.2, 0.25) is 17.8 Å². The van der Waals surface area contributed by atoms with Gasteiger partial charge in [0.25, 0.3) is 5.91 Å². The van der Waals surface area contributed by atoms with Crippen LogP contribution >= 0.6 is 0 Å². The van der Waals surface area contributed by atoms with Crippen molar-refractivity contribution in [1.29, 1.82) is 0 Å². The Morgan fingerprint density at radius 3 is 2.78 bits per heavy atom. The second-order valence-electron chi connectivity index (χ2n) is 7.51. The van der Waals surface area contributed by atoms with E-state index in [2.05, 4.69) is 31.0 Å². The van der Waals surface area contributed by atoms with E-state index in [1.165, 1.54) is 12.8 Å². The molecule has 3 aliphatic rings. The molecule has 0 atom stereocenters. The lowest BCUT2D eigenvalue weighted by atomic mass is 10.1. The van der Waals surface area contributed by atoms with Crippen molar-refractivity contribution in [2.24, 2.45) is 5.92 Å². The maximum Gasteiger partial charge on any atom is 0.254 e. The monoisotopic (exact) mass is 367 g/mol. The standard InChI is InChI=1S/C18H21N7O2/c26-14-8-11(16(27)22-14)7-12-9-20-25-15(12)23-17(19-6-5-10-1-2-10)24-18(25)21-13-3-4-13/h7,9-10,13H,1-6,8H2,(H,22,26,27)(H2,19,21,23,24)/b11-7+. The summed E-state index contributed by atoms with van der Waals surface area (Å²) in [5.41, 5.74) is 1.73. The lowest BCUT2D eigenvalue weighted by Crippen LogP contribution is -2.19. The van der Waals surface area contributed by atoms with Crippen molar-refractivity contribution >= 4 is 35.4 Å². The van der Waals surface area contributed by atoms with Gasteiger partial charge in [0.05, 0.1) is 12.6 Å². The van der Waals surface area contributed by atoms with Gasteiger partial charge in [-0.05, 0) is 31.3 Å². The summed E-state index contributed by atoms with van der Waals surface area (Å²) >= 11 is 0. The van der Waals surface area contributed by atoms with Crippen LogP contribution in [0.1, 0.15) is 44.1 Å². The van der Waals surface area contributed by atoms with Crippen LogP contribution < -0.4 is 16.0 Å². The summed E-state index contributed by atoms with van der Waals surface area (Å²) in [6.45, 7) is 0.838. The van der Waals surface area contributed by atoms with E-state index in [9.17, 15) is 9.59 Å². The van der Waals surface area contributed by atoms with E-state index >= 15 is 0 Å². The highest BCUT2D eigenvalue weighted by molar-refractivity contribution is 6.15. The van der Waals surface area contributed by atoms with Gasteiger partial charge in [-0.1, -0.05) is 12.8 Å². The largest absolute Gasteiger partial charge is 0.354 e. The Balaban J connectivity index is 1.48. The van der Waals surface area contributed by atoms with Crippen molar-refractivity contribution in [3.05, 3.63) is 17.3 Å². The van der Waals surface area contributed by atoms with Crippen molar-refractivity contribution < 1.29 is 9.59 Å². The number of nitrogens with zero attached hydrogens (tertiary/aromatic N) is 4. The van der Waals surface area contributed by atoms with E-state index in [0.29, 0.717) is 34.7 Å². The Labute approximate surface area is 155 Å². The van der Waals surface area contributed by atoms with Gasteiger partial charge >= 0.3 is 0 Å². The fourth-order valence-electron chi connectivity index (χ4n) is 3.18. The lowest BCUT2D eigenvalue weighted by Gasteiger charge is -2.10. The number of rotatable bonds is 7. The Morgan fingerprint density at radius 1 is 1.22 bits per heavy atom. The summed E-state index contributed by atoms with van der Waals surface area (Å²) in [7, 11) is 0. The van der Waals surface area contributed by atoms with Crippen molar-refractivity contribution in [3.8, 4) is 0 Å². The second-order valence-corrected chi connectivity index (χ2v) is 7.51. The maximum absolute atomic E-state index is 11.9. The SMILES string of the molecule is O=C1C/C(=C\c2cnn3c(NC4CC4)nc(NCCC4CC4)nc23)C(=O)N1. The van der Waals surface area contributed by atoms with Crippen LogP contribution in [0.2, 0.25) is 0 Å². The predicted octanol–water partition coefficient (Wildman–Crippen LogP) is 1.34. The molecular weight excluding hydrogens is 346 g/mol. The Morgan fingerprint density at radius 2 is 2.07 bits per heavy atom. The van der Waals surface area contributed by atoms with Gasteiger partial charge < -0.3 is 10.6 Å². The zero-order valence-electron chi connectivity index (χ0n) is 14.9. The lowest BCUT2D eigenvalue weighted by molar-refractivity contribution is -0.124. The summed E-state index contributed by atoms with van der Waals surface area (Å²) in [6.07, 6.45) is 9.42. The number of anilines is 2. The highest BCUT2D eigenvalue weighted by Crippen LogP contribution is 2.32. The first-order valence-electron chi connectivity index (χ1n) is 9.46. The van der Waals surface area contributed by atoms with Crippen LogP contribution in [-0.4, -0.2) is 44.0 Å². The van der Waals surface area contributed by atoms with Gasteiger partial charge in [0.1, 0.15) is 0 Å². The van der Waals surface area contributed by atoms with Crippen molar-refractivity contribution in [3.63, 3.8) is 0 Å². The minimum Gasteiger partial charge on any atom is -0.354 e. The fourth-order valence-corrected chi connectivity index (χ4v) is 3.18. The third-order valence-electron chi connectivity index (χ3n) is 5.06. The van der Waals surface area contributed by atoms with E-state index in [1.54, 1.807) is 16.8 Å². The molecule has 3 N–H and O–H groups in total. The average molecular weight is 367 g/mol. The summed E-state index contributed by atoms with van der Waals surface area (Å²) in [6, 6.07) is 0.423. The van der Waals surface area contributed by atoms with Gasteiger partial charge in [-0.3, -0.25) is 14.9 Å². The Kier molecular flexibility index (Phi) is 3.80. The topological polar surface area (TPSA) is 113 Å². The van der Waals surface area contributed by atoms with E-state index in [1.807, 2.05) is 0 Å². The molecule has 0 spiro atoms. The number of hydrogen-bond acceptors (Lipinski definition) is 7. The molecule has 3 fully saturated rings. The molecule has 27 heavy (non-hydrogen) atoms. The van der Waals surface area contributed by atoms with Crippen LogP contribution in [0.4, 0.5) is 11.9 Å². The van der Waals surface area contributed by atoms with Gasteiger partial charge in [-0.2, -0.15) is 19.6 Å².